The first-order valence-electron chi connectivity index (χ1n) is 10.8. The summed E-state index contributed by atoms with van der Waals surface area (Å²) < 4.78 is 11.0. The molecule has 1 saturated carbocycles. The zero-order chi connectivity index (χ0) is 22.0. The van der Waals surface area contributed by atoms with Gasteiger partial charge < -0.3 is 19.7 Å². The fraction of sp³-hybridized carbons (Fsp3) is 0.609. The lowest BCUT2D eigenvalue weighted by atomic mass is 9.80. The maximum atomic E-state index is 13.1. The predicted molar refractivity (Wildman–Crippen MR) is 114 cm³/mol. The smallest absolute Gasteiger partial charge is 0.248 e. The van der Waals surface area contributed by atoms with Gasteiger partial charge in [-0.05, 0) is 45.2 Å². The number of methoxy groups -OCH3 is 1. The molecule has 30 heavy (non-hydrogen) atoms. The van der Waals surface area contributed by atoms with E-state index in [-0.39, 0.29) is 18.2 Å². The fourth-order valence-electron chi connectivity index (χ4n) is 3.96. The number of nitriles is 1. The molecule has 0 unspecified atom stereocenters. The highest BCUT2D eigenvalue weighted by Crippen LogP contribution is 2.31. The summed E-state index contributed by atoms with van der Waals surface area (Å²) in [6.45, 7) is 5.57. The second-order valence-electron chi connectivity index (χ2n) is 7.60. The van der Waals surface area contributed by atoms with E-state index in [1.807, 2.05) is 18.7 Å². The monoisotopic (exact) mass is 415 g/mol. The molecular weight excluding hydrogens is 382 g/mol. The Morgan fingerprint density at radius 2 is 1.87 bits per heavy atom. The summed E-state index contributed by atoms with van der Waals surface area (Å²) in [6, 6.07) is 7.03. The summed E-state index contributed by atoms with van der Waals surface area (Å²) in [7, 11) is 1.52. The van der Waals surface area contributed by atoms with Crippen molar-refractivity contribution in [2.24, 2.45) is 0 Å². The Morgan fingerprint density at radius 3 is 2.47 bits per heavy atom. The molecule has 0 radical (unpaired) electrons. The third-order valence-electron chi connectivity index (χ3n) is 5.64. The van der Waals surface area contributed by atoms with Crippen LogP contribution in [0.3, 0.4) is 0 Å². The Bertz CT molecular complexity index is 762. The first-order chi connectivity index (χ1) is 14.5. The number of amides is 2. The summed E-state index contributed by atoms with van der Waals surface area (Å²) in [5, 5.41) is 12.0. The van der Waals surface area contributed by atoms with Crippen LogP contribution >= 0.6 is 0 Å². The van der Waals surface area contributed by atoms with E-state index in [4.69, 9.17) is 14.7 Å². The molecule has 0 bridgehead atoms. The van der Waals surface area contributed by atoms with Crippen LogP contribution in [-0.2, 0) is 9.59 Å². The number of likely N-dealkylation sites (N-methyl/N-ethyl adjacent to an activating group) is 1. The standard InChI is InChI=1S/C23H33N3O4/c1-4-26(5-2)22(28)23(13-7-6-8-14-23)25-21(27)10-9-15-30-19-12-11-18(17-24)16-20(19)29-3/h11-12,16H,4-10,13-15H2,1-3H3,(H,25,27). The van der Waals surface area contributed by atoms with Crippen molar-refractivity contribution in [1.29, 1.82) is 5.26 Å². The molecule has 1 fully saturated rings. The van der Waals surface area contributed by atoms with E-state index in [0.717, 1.165) is 19.3 Å². The third-order valence-corrected chi connectivity index (χ3v) is 5.64. The van der Waals surface area contributed by atoms with Gasteiger partial charge in [0.1, 0.15) is 5.54 Å². The van der Waals surface area contributed by atoms with E-state index in [2.05, 4.69) is 11.4 Å². The Kier molecular flexibility index (Phi) is 8.97. The van der Waals surface area contributed by atoms with Crippen LogP contribution in [0.5, 0.6) is 11.5 Å². The Balaban J connectivity index is 1.91. The lowest BCUT2D eigenvalue weighted by molar-refractivity contribution is -0.143. The van der Waals surface area contributed by atoms with Crippen LogP contribution in [0.4, 0.5) is 0 Å². The van der Waals surface area contributed by atoms with Gasteiger partial charge in [-0.1, -0.05) is 19.3 Å². The van der Waals surface area contributed by atoms with Crippen molar-refractivity contribution < 1.29 is 19.1 Å². The zero-order valence-corrected chi connectivity index (χ0v) is 18.3. The number of hydrogen-bond acceptors (Lipinski definition) is 5. The van der Waals surface area contributed by atoms with Crippen molar-refractivity contribution in [3.63, 3.8) is 0 Å². The highest BCUT2D eigenvalue weighted by Gasteiger charge is 2.42. The van der Waals surface area contributed by atoms with E-state index in [1.54, 1.807) is 18.2 Å². The number of nitrogens with one attached hydrogen (secondary N) is 1. The van der Waals surface area contributed by atoms with Crippen molar-refractivity contribution >= 4 is 11.8 Å². The van der Waals surface area contributed by atoms with Crippen LogP contribution in [0.2, 0.25) is 0 Å². The van der Waals surface area contributed by atoms with E-state index >= 15 is 0 Å². The van der Waals surface area contributed by atoms with Gasteiger partial charge in [0.15, 0.2) is 11.5 Å². The first-order valence-corrected chi connectivity index (χ1v) is 10.8. The minimum Gasteiger partial charge on any atom is -0.493 e. The normalized spacial score (nSPS) is 15.0. The van der Waals surface area contributed by atoms with Crippen LogP contribution in [0.25, 0.3) is 0 Å². The number of hydrogen-bond donors (Lipinski definition) is 1. The van der Waals surface area contributed by atoms with Crippen molar-refractivity contribution in [3.8, 4) is 17.6 Å². The van der Waals surface area contributed by atoms with E-state index in [1.165, 1.54) is 7.11 Å². The van der Waals surface area contributed by atoms with Crippen LogP contribution in [0, 0.1) is 11.3 Å². The van der Waals surface area contributed by atoms with E-state index < -0.39 is 5.54 Å². The lowest BCUT2D eigenvalue weighted by Gasteiger charge is -2.40. The summed E-state index contributed by atoms with van der Waals surface area (Å²) in [4.78, 5) is 27.6. The molecule has 2 amide bonds. The van der Waals surface area contributed by atoms with Gasteiger partial charge in [-0.2, -0.15) is 5.26 Å². The summed E-state index contributed by atoms with van der Waals surface area (Å²) in [6.07, 6.45) is 5.21. The fourth-order valence-corrected chi connectivity index (χ4v) is 3.96. The molecule has 1 aliphatic carbocycles. The van der Waals surface area contributed by atoms with Gasteiger partial charge in [-0.15, -0.1) is 0 Å². The van der Waals surface area contributed by atoms with Gasteiger partial charge in [0.05, 0.1) is 25.3 Å². The Hall–Kier alpha value is -2.75. The number of carbonyl (C=O) groups excluding carboxylic acids is 2. The zero-order valence-electron chi connectivity index (χ0n) is 18.3. The van der Waals surface area contributed by atoms with Crippen molar-refractivity contribution in [3.05, 3.63) is 23.8 Å². The molecule has 0 atom stereocenters. The van der Waals surface area contributed by atoms with Crippen LogP contribution < -0.4 is 14.8 Å². The molecule has 7 nitrogen and oxygen atoms in total. The van der Waals surface area contributed by atoms with Gasteiger partial charge in [-0.3, -0.25) is 9.59 Å². The molecule has 1 aromatic rings. The summed E-state index contributed by atoms with van der Waals surface area (Å²) in [5.74, 6) is 0.953. The molecule has 0 aliphatic heterocycles. The average Bonchev–Trinajstić information content (AvgIpc) is 2.78. The number of benzene rings is 1. The molecule has 1 aliphatic rings. The average molecular weight is 416 g/mol. The predicted octanol–water partition coefficient (Wildman–Crippen LogP) is 3.41. The SMILES string of the molecule is CCN(CC)C(=O)C1(NC(=O)CCCOc2ccc(C#N)cc2OC)CCCCC1. The molecular formula is C23H33N3O4. The molecule has 0 aromatic heterocycles. The molecule has 1 N–H and O–H groups in total. The number of nitrogens with zero attached hydrogens (tertiary/aromatic N) is 2. The van der Waals surface area contributed by atoms with Gasteiger partial charge in [0.25, 0.3) is 0 Å². The van der Waals surface area contributed by atoms with Gasteiger partial charge in [-0.25, -0.2) is 0 Å². The number of ether oxygens (including phenoxy) is 2. The summed E-state index contributed by atoms with van der Waals surface area (Å²) in [5.41, 5.74) is -0.271. The number of rotatable bonds is 10. The van der Waals surface area contributed by atoms with Gasteiger partial charge >= 0.3 is 0 Å². The minimum absolute atomic E-state index is 0.0409. The molecule has 7 heteroatoms. The highest BCUT2D eigenvalue weighted by molar-refractivity contribution is 5.91. The second-order valence-corrected chi connectivity index (χ2v) is 7.60. The van der Waals surface area contributed by atoms with E-state index in [0.29, 0.717) is 56.0 Å². The molecule has 1 aromatic carbocycles. The Labute approximate surface area is 179 Å². The molecule has 0 spiro atoms. The maximum Gasteiger partial charge on any atom is 0.248 e. The van der Waals surface area contributed by atoms with Crippen LogP contribution in [0.1, 0.15) is 64.4 Å². The molecule has 0 heterocycles. The highest BCUT2D eigenvalue weighted by atomic mass is 16.5. The third kappa shape index (κ3) is 5.88. The van der Waals surface area contributed by atoms with Gasteiger partial charge in [0.2, 0.25) is 11.8 Å². The summed E-state index contributed by atoms with van der Waals surface area (Å²) >= 11 is 0. The largest absolute Gasteiger partial charge is 0.493 e. The topological polar surface area (TPSA) is 91.7 Å². The lowest BCUT2D eigenvalue weighted by Crippen LogP contribution is -2.60. The quantitative estimate of drug-likeness (QED) is 0.591. The van der Waals surface area contributed by atoms with E-state index in [9.17, 15) is 9.59 Å². The van der Waals surface area contributed by atoms with Crippen LogP contribution in [-0.4, -0.2) is 49.1 Å². The van der Waals surface area contributed by atoms with Crippen molar-refractivity contribution in [2.75, 3.05) is 26.8 Å². The number of carbonyl (C=O) groups is 2. The molecule has 2 rings (SSSR count). The Morgan fingerprint density at radius 1 is 1.17 bits per heavy atom. The van der Waals surface area contributed by atoms with Crippen molar-refractivity contribution in [2.45, 2.75) is 64.3 Å². The van der Waals surface area contributed by atoms with Gasteiger partial charge in [0, 0.05) is 25.6 Å². The van der Waals surface area contributed by atoms with Crippen molar-refractivity contribution in [1.82, 2.24) is 10.2 Å². The minimum atomic E-state index is -0.765. The molecule has 164 valence electrons. The maximum absolute atomic E-state index is 13.1. The van der Waals surface area contributed by atoms with Crippen LogP contribution in [0.15, 0.2) is 18.2 Å². The second kappa shape index (κ2) is 11.4. The first kappa shape index (κ1) is 23.5. The molecule has 0 saturated heterocycles.